The number of hydrogen-bond acceptors (Lipinski definition) is 7. The van der Waals surface area contributed by atoms with Crippen LogP contribution in [0.2, 0.25) is 0 Å². The molecule has 1 aliphatic heterocycles. The highest BCUT2D eigenvalue weighted by Gasteiger charge is 2.40. The zero-order chi connectivity index (χ0) is 27.0. The molecule has 194 valence electrons. The van der Waals surface area contributed by atoms with E-state index in [-0.39, 0.29) is 31.0 Å². The summed E-state index contributed by atoms with van der Waals surface area (Å²) in [5.41, 5.74) is 3.61. The zero-order valence-electron chi connectivity index (χ0n) is 21.2. The maximum absolute atomic E-state index is 14.4. The van der Waals surface area contributed by atoms with E-state index in [0.29, 0.717) is 22.4 Å². The van der Waals surface area contributed by atoms with Crippen molar-refractivity contribution in [3.8, 4) is 11.1 Å². The molecule has 1 aliphatic rings. The first-order valence-corrected chi connectivity index (χ1v) is 12.2. The van der Waals surface area contributed by atoms with E-state index >= 15 is 0 Å². The van der Waals surface area contributed by atoms with Crippen molar-refractivity contribution in [1.29, 1.82) is 0 Å². The fraction of sp³-hybridized carbons (Fsp3) is 0.296. The van der Waals surface area contributed by atoms with Crippen LogP contribution in [0, 0.1) is 13.8 Å². The Kier molecular flexibility index (Phi) is 6.66. The Morgan fingerprint density at radius 3 is 2.53 bits per heavy atom. The lowest BCUT2D eigenvalue weighted by Crippen LogP contribution is -2.44. The summed E-state index contributed by atoms with van der Waals surface area (Å²) in [4.78, 5) is 52.5. The van der Waals surface area contributed by atoms with E-state index in [2.05, 4.69) is 25.4 Å². The van der Waals surface area contributed by atoms with Crippen LogP contribution < -0.4 is 5.32 Å². The highest BCUT2D eigenvalue weighted by Crippen LogP contribution is 2.28. The summed E-state index contributed by atoms with van der Waals surface area (Å²) < 4.78 is 15.8. The summed E-state index contributed by atoms with van der Waals surface area (Å²) >= 11 is 0. The molecule has 1 fully saturated rings. The van der Waals surface area contributed by atoms with Crippen molar-refractivity contribution < 1.29 is 18.8 Å². The van der Waals surface area contributed by atoms with Gasteiger partial charge in [0.25, 0.3) is 0 Å². The number of amides is 2. The van der Waals surface area contributed by atoms with E-state index in [9.17, 15) is 18.8 Å². The number of nitrogens with one attached hydrogen (secondary N) is 1. The van der Waals surface area contributed by atoms with Gasteiger partial charge in [-0.15, -0.1) is 0 Å². The first-order valence-electron chi connectivity index (χ1n) is 12.2. The number of hydrogen-bond donors (Lipinski definition) is 1. The van der Waals surface area contributed by atoms with Gasteiger partial charge < -0.3 is 10.2 Å². The van der Waals surface area contributed by atoms with Gasteiger partial charge in [-0.05, 0) is 43.7 Å². The average Bonchev–Trinajstić information content (AvgIpc) is 3.45. The van der Waals surface area contributed by atoms with E-state index in [1.807, 2.05) is 12.1 Å². The molecule has 0 bridgehead atoms. The number of fused-ring (bicyclic) bond motifs is 1. The molecule has 1 saturated heterocycles. The molecular weight excluding hydrogens is 489 g/mol. The lowest BCUT2D eigenvalue weighted by molar-refractivity contribution is -0.137. The van der Waals surface area contributed by atoms with Crippen molar-refractivity contribution in [2.24, 2.45) is 0 Å². The van der Waals surface area contributed by atoms with E-state index in [4.69, 9.17) is 0 Å². The molecule has 2 amide bonds. The third-order valence-corrected chi connectivity index (χ3v) is 6.52. The predicted octanol–water partition coefficient (Wildman–Crippen LogP) is 3.29. The number of nitrogens with zero attached hydrogens (tertiary/aromatic N) is 6. The van der Waals surface area contributed by atoms with Crippen LogP contribution >= 0.6 is 0 Å². The van der Waals surface area contributed by atoms with Gasteiger partial charge in [0.15, 0.2) is 5.78 Å². The Morgan fingerprint density at radius 2 is 1.82 bits per heavy atom. The van der Waals surface area contributed by atoms with Crippen LogP contribution in [-0.4, -0.2) is 66.0 Å². The zero-order valence-corrected chi connectivity index (χ0v) is 21.2. The third-order valence-electron chi connectivity index (χ3n) is 6.52. The minimum absolute atomic E-state index is 0.0951. The molecule has 1 N–H and O–H groups in total. The number of ketones is 1. The van der Waals surface area contributed by atoms with Gasteiger partial charge in [0.2, 0.25) is 11.8 Å². The molecule has 0 unspecified atom stereocenters. The Bertz CT molecular complexity index is 1550. The number of rotatable bonds is 6. The van der Waals surface area contributed by atoms with Crippen molar-refractivity contribution in [2.45, 2.75) is 46.0 Å². The normalized spacial score (nSPS) is 17.1. The number of aromatic nitrogens is 5. The molecular formula is C27H26FN7O3. The van der Waals surface area contributed by atoms with Gasteiger partial charge in [0.1, 0.15) is 30.3 Å². The fourth-order valence-corrected chi connectivity index (χ4v) is 4.66. The molecule has 0 spiro atoms. The number of halogens is 1. The minimum Gasteiger partial charge on any atom is -0.326 e. The topological polar surface area (TPSA) is 123 Å². The van der Waals surface area contributed by atoms with Crippen molar-refractivity contribution in [3.05, 3.63) is 66.1 Å². The molecule has 11 heteroatoms. The summed E-state index contributed by atoms with van der Waals surface area (Å²) in [6.07, 6.45) is 3.54. The van der Waals surface area contributed by atoms with Crippen LogP contribution in [0.3, 0.4) is 0 Å². The van der Waals surface area contributed by atoms with Crippen molar-refractivity contribution in [2.75, 3.05) is 11.9 Å². The van der Waals surface area contributed by atoms with Crippen molar-refractivity contribution in [3.63, 3.8) is 0 Å². The molecule has 4 heterocycles. The van der Waals surface area contributed by atoms with Gasteiger partial charge >= 0.3 is 0 Å². The summed E-state index contributed by atoms with van der Waals surface area (Å²) in [5.74, 6) is -0.546. The second kappa shape index (κ2) is 10.1. The maximum Gasteiger partial charge on any atom is 0.247 e. The first-order chi connectivity index (χ1) is 18.2. The number of pyridine rings is 1. The van der Waals surface area contributed by atoms with E-state index in [0.717, 1.165) is 16.8 Å². The number of likely N-dealkylation sites (tertiary alicyclic amines) is 1. The molecule has 0 radical (unpaired) electrons. The highest BCUT2D eigenvalue weighted by molar-refractivity contribution is 6.06. The number of alkyl halides is 1. The number of anilines is 1. The second-order valence-electron chi connectivity index (χ2n) is 9.38. The third kappa shape index (κ3) is 4.99. The van der Waals surface area contributed by atoms with Crippen LogP contribution in [-0.2, 0) is 16.1 Å². The standard InChI is InChI=1S/C27H26FN7O3/c1-15-8-21(6-7-29-15)32-27(38)24-10-20(28)13-34(24)25(37)14-35-23-5-4-18(19-11-30-17(3)31-12-19)9-22(23)26(33-35)16(2)36/h4-9,11-12,20,24H,10,13-14H2,1-3H3,(H,29,32,38)/t20-,24+/m1/s1. The van der Waals surface area contributed by atoms with Gasteiger partial charge in [-0.3, -0.25) is 24.0 Å². The molecule has 0 saturated carbocycles. The Balaban J connectivity index is 1.41. The number of Topliss-reactive ketones (excluding diaryl/α,β-unsaturated/α-hetero) is 1. The summed E-state index contributed by atoms with van der Waals surface area (Å²) in [6, 6.07) is 7.79. The molecule has 10 nitrogen and oxygen atoms in total. The molecule has 0 aliphatic carbocycles. The Hall–Kier alpha value is -4.54. The van der Waals surface area contributed by atoms with Crippen molar-refractivity contribution in [1.82, 2.24) is 29.6 Å². The minimum atomic E-state index is -1.32. The average molecular weight is 516 g/mol. The first kappa shape index (κ1) is 25.1. The molecule has 3 aromatic heterocycles. The predicted molar refractivity (Wildman–Crippen MR) is 138 cm³/mol. The number of aryl methyl sites for hydroxylation is 2. The Labute approximate surface area is 217 Å². The second-order valence-corrected chi connectivity index (χ2v) is 9.38. The van der Waals surface area contributed by atoms with Gasteiger partial charge in [-0.2, -0.15) is 5.10 Å². The molecule has 5 rings (SSSR count). The molecule has 2 atom stereocenters. The SMILES string of the molecule is CC(=O)c1nn(CC(=O)N2C[C@H](F)C[C@H]2C(=O)Nc2ccnc(C)c2)c2ccc(-c3cnc(C)nc3)cc12. The lowest BCUT2D eigenvalue weighted by atomic mass is 10.0. The maximum atomic E-state index is 14.4. The smallest absolute Gasteiger partial charge is 0.247 e. The van der Waals surface area contributed by atoms with E-state index < -0.39 is 24.0 Å². The summed E-state index contributed by atoms with van der Waals surface area (Å²) in [5, 5.41) is 7.73. The monoisotopic (exact) mass is 515 g/mol. The largest absolute Gasteiger partial charge is 0.326 e. The molecule has 1 aromatic carbocycles. The van der Waals surface area contributed by atoms with Gasteiger partial charge in [-0.1, -0.05) is 6.07 Å². The quantitative estimate of drug-likeness (QED) is 0.391. The number of carbonyl (C=O) groups is 3. The highest BCUT2D eigenvalue weighted by atomic mass is 19.1. The van der Waals surface area contributed by atoms with Crippen LogP contribution in [0.25, 0.3) is 22.0 Å². The van der Waals surface area contributed by atoms with Crippen LogP contribution in [0.4, 0.5) is 10.1 Å². The summed E-state index contributed by atoms with van der Waals surface area (Å²) in [7, 11) is 0. The van der Waals surface area contributed by atoms with Crippen molar-refractivity contribution >= 4 is 34.2 Å². The van der Waals surface area contributed by atoms with Crippen LogP contribution in [0.15, 0.2) is 48.9 Å². The van der Waals surface area contributed by atoms with Gasteiger partial charge in [0.05, 0.1) is 12.1 Å². The summed E-state index contributed by atoms with van der Waals surface area (Å²) in [6.45, 7) is 4.55. The van der Waals surface area contributed by atoms with E-state index in [1.165, 1.54) is 16.5 Å². The van der Waals surface area contributed by atoms with Crippen LogP contribution in [0.5, 0.6) is 0 Å². The molecule has 4 aromatic rings. The van der Waals surface area contributed by atoms with Crippen LogP contribution in [0.1, 0.15) is 35.4 Å². The van der Waals surface area contributed by atoms with E-state index in [1.54, 1.807) is 50.6 Å². The van der Waals surface area contributed by atoms with Gasteiger partial charge in [0, 0.05) is 54.3 Å². The number of carbonyl (C=O) groups excluding carboxylic acids is 3. The fourth-order valence-electron chi connectivity index (χ4n) is 4.66. The number of benzene rings is 1. The lowest BCUT2D eigenvalue weighted by Gasteiger charge is -2.23. The molecule has 38 heavy (non-hydrogen) atoms. The Morgan fingerprint density at radius 1 is 1.05 bits per heavy atom. The van der Waals surface area contributed by atoms with Gasteiger partial charge in [-0.25, -0.2) is 14.4 Å².